The molecule has 7 heteroatoms. The third-order valence-electron chi connectivity index (χ3n) is 3.03. The van der Waals surface area contributed by atoms with Gasteiger partial charge < -0.3 is 15.2 Å². The minimum absolute atomic E-state index is 0.0781. The minimum Gasteiger partial charge on any atom is -0.493 e. The normalized spacial score (nSPS) is 12.5. The van der Waals surface area contributed by atoms with E-state index < -0.39 is 6.55 Å². The summed E-state index contributed by atoms with van der Waals surface area (Å²) in [6, 6.07) is 5.14. The molecule has 1 atom stereocenters. The van der Waals surface area contributed by atoms with E-state index in [4.69, 9.17) is 15.2 Å². The Balaban J connectivity index is 2.14. The number of halogens is 2. The Hall–Kier alpha value is -2.15. The summed E-state index contributed by atoms with van der Waals surface area (Å²) in [7, 11) is 1.51. The van der Waals surface area contributed by atoms with Gasteiger partial charge >= 0.3 is 6.55 Å². The number of nitrogens with zero attached hydrogens (tertiary/aromatic N) is 2. The Labute approximate surface area is 121 Å². The standard InChI is InChI=1S/C14H17F2N3O2/c1-9(17)10-3-4-11(12(7-10)20-2)21-8-13-18-5-6-19(13)14(15)16/h3-7,9,14H,8,17H2,1-2H3. The molecule has 1 unspecified atom stereocenters. The molecule has 0 bridgehead atoms. The molecule has 0 saturated carbocycles. The average molecular weight is 297 g/mol. The van der Waals surface area contributed by atoms with Crippen molar-refractivity contribution < 1.29 is 18.3 Å². The third kappa shape index (κ3) is 3.49. The van der Waals surface area contributed by atoms with Crippen molar-refractivity contribution in [3.05, 3.63) is 42.0 Å². The number of imidazole rings is 1. The molecule has 0 radical (unpaired) electrons. The Morgan fingerprint density at radius 1 is 1.33 bits per heavy atom. The molecule has 5 nitrogen and oxygen atoms in total. The van der Waals surface area contributed by atoms with Crippen molar-refractivity contribution in [2.24, 2.45) is 5.73 Å². The molecule has 0 amide bonds. The Morgan fingerprint density at radius 2 is 2.10 bits per heavy atom. The molecule has 0 spiro atoms. The van der Waals surface area contributed by atoms with Gasteiger partial charge in [-0.15, -0.1) is 0 Å². The second-order valence-electron chi connectivity index (χ2n) is 4.52. The van der Waals surface area contributed by atoms with Crippen LogP contribution in [0.3, 0.4) is 0 Å². The lowest BCUT2D eigenvalue weighted by molar-refractivity contribution is 0.0631. The summed E-state index contributed by atoms with van der Waals surface area (Å²) >= 11 is 0. The first-order valence-corrected chi connectivity index (χ1v) is 6.39. The molecular formula is C14H17F2N3O2. The lowest BCUT2D eigenvalue weighted by atomic mass is 10.1. The number of aromatic nitrogens is 2. The predicted octanol–water partition coefficient (Wildman–Crippen LogP) is 2.89. The van der Waals surface area contributed by atoms with Crippen molar-refractivity contribution >= 4 is 0 Å². The van der Waals surface area contributed by atoms with E-state index >= 15 is 0 Å². The van der Waals surface area contributed by atoms with Crippen molar-refractivity contribution in [2.75, 3.05) is 7.11 Å². The van der Waals surface area contributed by atoms with Gasteiger partial charge in [-0.25, -0.2) is 4.98 Å². The second kappa shape index (κ2) is 6.53. The maximum atomic E-state index is 12.7. The maximum Gasteiger partial charge on any atom is 0.320 e. The van der Waals surface area contributed by atoms with Gasteiger partial charge in [0.1, 0.15) is 6.61 Å². The van der Waals surface area contributed by atoms with Crippen LogP contribution in [0.25, 0.3) is 0 Å². The average Bonchev–Trinajstić information content (AvgIpc) is 2.93. The van der Waals surface area contributed by atoms with Crippen LogP contribution in [0, 0.1) is 0 Å². The summed E-state index contributed by atoms with van der Waals surface area (Å²) in [5.74, 6) is 1.09. The van der Waals surface area contributed by atoms with Gasteiger partial charge in [-0.3, -0.25) is 4.57 Å². The molecule has 0 aliphatic heterocycles. The van der Waals surface area contributed by atoms with Crippen LogP contribution >= 0.6 is 0 Å². The van der Waals surface area contributed by atoms with Crippen molar-refractivity contribution in [3.63, 3.8) is 0 Å². The van der Waals surface area contributed by atoms with Gasteiger partial charge in [-0.1, -0.05) is 6.07 Å². The molecule has 2 N–H and O–H groups in total. The van der Waals surface area contributed by atoms with Crippen molar-refractivity contribution in [1.29, 1.82) is 0 Å². The molecule has 0 aliphatic rings. The fraction of sp³-hybridized carbons (Fsp3) is 0.357. The maximum absolute atomic E-state index is 12.7. The molecule has 1 aromatic heterocycles. The number of alkyl halides is 2. The molecule has 1 heterocycles. The quantitative estimate of drug-likeness (QED) is 0.890. The minimum atomic E-state index is -2.64. The largest absolute Gasteiger partial charge is 0.493 e. The number of rotatable bonds is 6. The molecule has 2 rings (SSSR count). The van der Waals surface area contributed by atoms with Crippen LogP contribution in [-0.4, -0.2) is 16.7 Å². The van der Waals surface area contributed by atoms with Crippen molar-refractivity contribution in [2.45, 2.75) is 26.1 Å². The van der Waals surface area contributed by atoms with E-state index in [1.54, 1.807) is 12.1 Å². The Bertz CT molecular complexity index is 600. The lowest BCUT2D eigenvalue weighted by Crippen LogP contribution is -2.08. The molecule has 21 heavy (non-hydrogen) atoms. The molecular weight excluding hydrogens is 280 g/mol. The Morgan fingerprint density at radius 3 is 2.71 bits per heavy atom. The van der Waals surface area contributed by atoms with E-state index in [9.17, 15) is 8.78 Å². The van der Waals surface area contributed by atoms with E-state index in [0.717, 1.165) is 10.1 Å². The first-order chi connectivity index (χ1) is 10.0. The monoisotopic (exact) mass is 297 g/mol. The fourth-order valence-corrected chi connectivity index (χ4v) is 1.86. The molecule has 0 saturated heterocycles. The summed E-state index contributed by atoms with van der Waals surface area (Å²) in [5.41, 5.74) is 6.70. The Kier molecular flexibility index (Phi) is 4.74. The first kappa shape index (κ1) is 15.2. The van der Waals surface area contributed by atoms with E-state index in [-0.39, 0.29) is 18.5 Å². The summed E-state index contributed by atoms with van der Waals surface area (Å²) in [6.07, 6.45) is 2.51. The zero-order valence-corrected chi connectivity index (χ0v) is 11.8. The molecule has 0 fully saturated rings. The van der Waals surface area contributed by atoms with Crippen LogP contribution in [-0.2, 0) is 6.61 Å². The van der Waals surface area contributed by atoms with E-state index in [0.29, 0.717) is 11.5 Å². The van der Waals surface area contributed by atoms with Crippen LogP contribution < -0.4 is 15.2 Å². The van der Waals surface area contributed by atoms with Gasteiger partial charge in [-0.2, -0.15) is 8.78 Å². The van der Waals surface area contributed by atoms with E-state index in [2.05, 4.69) is 4.98 Å². The van der Waals surface area contributed by atoms with Crippen LogP contribution in [0.5, 0.6) is 11.5 Å². The van der Waals surface area contributed by atoms with Gasteiger partial charge in [0.25, 0.3) is 0 Å². The number of hydrogen-bond donors (Lipinski definition) is 1. The number of methoxy groups -OCH3 is 1. The zero-order chi connectivity index (χ0) is 15.4. The summed E-state index contributed by atoms with van der Waals surface area (Å²) in [6.45, 7) is -0.867. The summed E-state index contributed by atoms with van der Waals surface area (Å²) in [5, 5.41) is 0. The van der Waals surface area contributed by atoms with Crippen LogP contribution in [0.4, 0.5) is 8.78 Å². The summed E-state index contributed by atoms with van der Waals surface area (Å²) in [4.78, 5) is 3.85. The van der Waals surface area contributed by atoms with Crippen LogP contribution in [0.2, 0.25) is 0 Å². The number of nitrogens with two attached hydrogens (primary N) is 1. The molecule has 2 aromatic rings. The van der Waals surface area contributed by atoms with Crippen molar-refractivity contribution in [1.82, 2.24) is 9.55 Å². The highest BCUT2D eigenvalue weighted by atomic mass is 19.3. The van der Waals surface area contributed by atoms with Crippen LogP contribution in [0.1, 0.15) is 30.9 Å². The first-order valence-electron chi connectivity index (χ1n) is 6.39. The van der Waals surface area contributed by atoms with E-state index in [1.807, 2.05) is 13.0 Å². The van der Waals surface area contributed by atoms with E-state index in [1.165, 1.54) is 19.5 Å². The van der Waals surface area contributed by atoms with Gasteiger partial charge in [0.05, 0.1) is 7.11 Å². The second-order valence-corrected chi connectivity index (χ2v) is 4.52. The van der Waals surface area contributed by atoms with Gasteiger partial charge in [0.2, 0.25) is 0 Å². The third-order valence-corrected chi connectivity index (χ3v) is 3.03. The molecule has 1 aromatic carbocycles. The smallest absolute Gasteiger partial charge is 0.320 e. The highest BCUT2D eigenvalue weighted by Gasteiger charge is 2.13. The topological polar surface area (TPSA) is 62.3 Å². The lowest BCUT2D eigenvalue weighted by Gasteiger charge is -2.14. The summed E-state index contributed by atoms with van der Waals surface area (Å²) < 4.78 is 36.9. The van der Waals surface area contributed by atoms with Gasteiger partial charge in [0, 0.05) is 18.4 Å². The van der Waals surface area contributed by atoms with Gasteiger partial charge in [-0.05, 0) is 24.6 Å². The predicted molar refractivity (Wildman–Crippen MR) is 73.4 cm³/mol. The number of hydrogen-bond acceptors (Lipinski definition) is 4. The fourth-order valence-electron chi connectivity index (χ4n) is 1.86. The molecule has 0 aliphatic carbocycles. The SMILES string of the molecule is COc1cc(C(C)N)ccc1OCc1nccn1C(F)F. The zero-order valence-electron chi connectivity index (χ0n) is 11.8. The molecule has 114 valence electrons. The van der Waals surface area contributed by atoms with Gasteiger partial charge in [0.15, 0.2) is 17.3 Å². The number of benzene rings is 1. The number of ether oxygens (including phenoxy) is 2. The highest BCUT2D eigenvalue weighted by Crippen LogP contribution is 2.30. The van der Waals surface area contributed by atoms with Crippen LogP contribution in [0.15, 0.2) is 30.6 Å². The highest BCUT2D eigenvalue weighted by molar-refractivity contribution is 5.43. The van der Waals surface area contributed by atoms with Crippen molar-refractivity contribution in [3.8, 4) is 11.5 Å².